The van der Waals surface area contributed by atoms with Gasteiger partial charge in [-0.25, -0.2) is 0 Å². The zero-order valence-corrected chi connectivity index (χ0v) is 11.2. The maximum atomic E-state index is 10.1. The molecule has 17 heavy (non-hydrogen) atoms. The molecule has 0 saturated heterocycles. The molecule has 2 rings (SSSR count). The van der Waals surface area contributed by atoms with Gasteiger partial charge < -0.3 is 5.11 Å². The largest absolute Gasteiger partial charge is 0.388 e. The minimum atomic E-state index is -0.631. The highest BCUT2D eigenvalue weighted by atomic mass is 79.9. The predicted octanol–water partition coefficient (Wildman–Crippen LogP) is 1.56. The first kappa shape index (κ1) is 12.2. The summed E-state index contributed by atoms with van der Waals surface area (Å²) in [4.78, 5) is 1.38. The van der Waals surface area contributed by atoms with E-state index in [9.17, 15) is 5.11 Å². The second-order valence-corrected chi connectivity index (χ2v) is 4.69. The molecule has 0 aliphatic rings. The van der Waals surface area contributed by atoms with Gasteiger partial charge in [-0.2, -0.15) is 4.80 Å². The first-order chi connectivity index (χ1) is 8.08. The van der Waals surface area contributed by atoms with Crippen LogP contribution in [0.3, 0.4) is 0 Å². The van der Waals surface area contributed by atoms with Crippen molar-refractivity contribution in [3.8, 4) is 0 Å². The second kappa shape index (κ2) is 4.93. The number of tetrazole rings is 1. The van der Waals surface area contributed by atoms with Crippen LogP contribution in [0.25, 0.3) is 0 Å². The van der Waals surface area contributed by atoms with Crippen molar-refractivity contribution in [2.45, 2.75) is 19.4 Å². The van der Waals surface area contributed by atoms with Crippen LogP contribution in [0.2, 0.25) is 0 Å². The summed E-state index contributed by atoms with van der Waals surface area (Å²) >= 11 is 3.48. The van der Waals surface area contributed by atoms with E-state index in [4.69, 9.17) is 0 Å². The molecule has 0 aliphatic heterocycles. The topological polar surface area (TPSA) is 63.8 Å². The summed E-state index contributed by atoms with van der Waals surface area (Å²) in [6.07, 6.45) is -0.274. The molecule has 0 fully saturated rings. The van der Waals surface area contributed by atoms with Gasteiger partial charge in [0.25, 0.3) is 0 Å². The van der Waals surface area contributed by atoms with E-state index in [1.165, 1.54) is 4.80 Å². The summed E-state index contributed by atoms with van der Waals surface area (Å²) in [5.41, 5.74) is 1.94. The third-order valence-electron chi connectivity index (χ3n) is 2.51. The zero-order chi connectivity index (χ0) is 12.4. The lowest BCUT2D eigenvalue weighted by Gasteiger charge is -2.12. The summed E-state index contributed by atoms with van der Waals surface area (Å²) < 4.78 is 0.927. The van der Waals surface area contributed by atoms with Gasteiger partial charge in [0, 0.05) is 10.9 Å². The van der Waals surface area contributed by atoms with Gasteiger partial charge in [-0.15, -0.1) is 10.2 Å². The van der Waals surface area contributed by atoms with E-state index in [-0.39, 0.29) is 0 Å². The van der Waals surface area contributed by atoms with Gasteiger partial charge >= 0.3 is 0 Å². The molecule has 1 N–H and O–H groups in total. The van der Waals surface area contributed by atoms with Gasteiger partial charge in [-0.3, -0.25) is 0 Å². The van der Waals surface area contributed by atoms with Crippen LogP contribution in [0, 0.1) is 6.92 Å². The maximum absolute atomic E-state index is 10.1. The van der Waals surface area contributed by atoms with Crippen LogP contribution >= 0.6 is 15.9 Å². The molecule has 1 aromatic heterocycles. The SMILES string of the molecule is Cc1cccc(C(O)Cc2nnn(C)n2)c1Br. The highest BCUT2D eigenvalue weighted by Gasteiger charge is 2.15. The number of rotatable bonds is 3. The summed E-state index contributed by atoms with van der Waals surface area (Å²) in [6.45, 7) is 1.99. The fraction of sp³-hybridized carbons (Fsp3) is 0.364. The predicted molar refractivity (Wildman–Crippen MR) is 66.3 cm³/mol. The molecule has 1 unspecified atom stereocenters. The lowest BCUT2D eigenvalue weighted by molar-refractivity contribution is 0.175. The summed E-state index contributed by atoms with van der Waals surface area (Å²) in [5.74, 6) is 0.536. The minimum absolute atomic E-state index is 0.357. The molecule has 0 radical (unpaired) electrons. The third-order valence-corrected chi connectivity index (χ3v) is 3.59. The van der Waals surface area contributed by atoms with Crippen LogP contribution in [0.1, 0.15) is 23.1 Å². The first-order valence-electron chi connectivity index (χ1n) is 5.24. The number of aryl methyl sites for hydroxylation is 2. The molecule has 90 valence electrons. The number of halogens is 1. The summed E-state index contributed by atoms with van der Waals surface area (Å²) in [5, 5.41) is 21.8. The average Bonchev–Trinajstić information content (AvgIpc) is 2.68. The first-order valence-corrected chi connectivity index (χ1v) is 6.03. The van der Waals surface area contributed by atoms with Crippen LogP contribution in [0.15, 0.2) is 22.7 Å². The Bertz CT molecular complexity index is 526. The molecular weight excluding hydrogens is 284 g/mol. The fourth-order valence-electron chi connectivity index (χ4n) is 1.62. The fourth-order valence-corrected chi connectivity index (χ4v) is 2.14. The Morgan fingerprint density at radius 2 is 2.24 bits per heavy atom. The van der Waals surface area contributed by atoms with Gasteiger partial charge in [0.2, 0.25) is 0 Å². The van der Waals surface area contributed by atoms with E-state index in [0.29, 0.717) is 12.2 Å². The van der Waals surface area contributed by atoms with Crippen molar-refractivity contribution in [2.24, 2.45) is 7.05 Å². The van der Waals surface area contributed by atoms with E-state index in [1.807, 2.05) is 25.1 Å². The molecule has 6 heteroatoms. The number of aliphatic hydroxyl groups excluding tert-OH is 1. The van der Waals surface area contributed by atoms with Gasteiger partial charge in [-0.05, 0) is 23.3 Å². The second-order valence-electron chi connectivity index (χ2n) is 3.89. The molecular formula is C11H13BrN4O. The van der Waals surface area contributed by atoms with Crippen molar-refractivity contribution in [1.29, 1.82) is 0 Å². The Morgan fingerprint density at radius 3 is 2.88 bits per heavy atom. The van der Waals surface area contributed by atoms with Gasteiger partial charge in [0.1, 0.15) is 0 Å². The molecule has 1 aromatic carbocycles. The van der Waals surface area contributed by atoms with Crippen molar-refractivity contribution < 1.29 is 5.11 Å². The molecule has 0 spiro atoms. The number of nitrogens with zero attached hydrogens (tertiary/aromatic N) is 4. The maximum Gasteiger partial charge on any atom is 0.177 e. The number of benzene rings is 1. The summed E-state index contributed by atoms with van der Waals surface area (Å²) in [7, 11) is 1.70. The molecule has 0 aliphatic carbocycles. The number of aromatic nitrogens is 4. The lowest BCUT2D eigenvalue weighted by Crippen LogP contribution is -2.05. The van der Waals surface area contributed by atoms with Crippen LogP contribution in [0.5, 0.6) is 0 Å². The van der Waals surface area contributed by atoms with Crippen LogP contribution < -0.4 is 0 Å². The van der Waals surface area contributed by atoms with Crippen LogP contribution in [-0.2, 0) is 13.5 Å². The van der Waals surface area contributed by atoms with Crippen LogP contribution in [-0.4, -0.2) is 25.3 Å². The van der Waals surface area contributed by atoms with Crippen molar-refractivity contribution in [1.82, 2.24) is 20.2 Å². The Labute approximate surface area is 108 Å². The standard InChI is InChI=1S/C11H13BrN4O/c1-7-4-3-5-8(11(7)12)9(17)6-10-13-15-16(2)14-10/h3-5,9,17H,6H2,1-2H3. The molecule has 2 aromatic rings. The quantitative estimate of drug-likeness (QED) is 0.933. The van der Waals surface area contributed by atoms with E-state index in [0.717, 1.165) is 15.6 Å². The molecule has 1 atom stereocenters. The average molecular weight is 297 g/mol. The van der Waals surface area contributed by atoms with E-state index in [2.05, 4.69) is 31.3 Å². The monoisotopic (exact) mass is 296 g/mol. The van der Waals surface area contributed by atoms with Gasteiger partial charge in [0.15, 0.2) is 5.82 Å². The normalized spacial score (nSPS) is 12.7. The van der Waals surface area contributed by atoms with E-state index in [1.54, 1.807) is 7.05 Å². The molecule has 5 nitrogen and oxygen atoms in total. The van der Waals surface area contributed by atoms with E-state index < -0.39 is 6.10 Å². The van der Waals surface area contributed by atoms with Crippen molar-refractivity contribution in [3.63, 3.8) is 0 Å². The van der Waals surface area contributed by atoms with Gasteiger partial charge in [-0.1, -0.05) is 34.1 Å². The zero-order valence-electron chi connectivity index (χ0n) is 9.63. The molecule has 0 bridgehead atoms. The van der Waals surface area contributed by atoms with Crippen LogP contribution in [0.4, 0.5) is 0 Å². The number of hydrogen-bond acceptors (Lipinski definition) is 4. The highest BCUT2D eigenvalue weighted by Crippen LogP contribution is 2.27. The Hall–Kier alpha value is -1.27. The van der Waals surface area contributed by atoms with Gasteiger partial charge in [0.05, 0.1) is 13.2 Å². The Kier molecular flexibility index (Phi) is 3.54. The Balaban J connectivity index is 2.20. The summed E-state index contributed by atoms with van der Waals surface area (Å²) in [6, 6.07) is 5.79. The molecule has 0 saturated carbocycles. The minimum Gasteiger partial charge on any atom is -0.388 e. The van der Waals surface area contributed by atoms with Crippen molar-refractivity contribution >= 4 is 15.9 Å². The number of hydrogen-bond donors (Lipinski definition) is 1. The smallest absolute Gasteiger partial charge is 0.177 e. The van der Waals surface area contributed by atoms with Crippen molar-refractivity contribution in [3.05, 3.63) is 39.6 Å². The van der Waals surface area contributed by atoms with E-state index >= 15 is 0 Å². The highest BCUT2D eigenvalue weighted by molar-refractivity contribution is 9.10. The molecule has 0 amide bonds. The number of aliphatic hydroxyl groups is 1. The Morgan fingerprint density at radius 1 is 1.47 bits per heavy atom. The van der Waals surface area contributed by atoms with Crippen molar-refractivity contribution in [2.75, 3.05) is 0 Å². The lowest BCUT2D eigenvalue weighted by atomic mass is 10.0. The third kappa shape index (κ3) is 2.70. The molecule has 1 heterocycles.